The summed E-state index contributed by atoms with van der Waals surface area (Å²) >= 11 is 6.19. The predicted octanol–water partition coefficient (Wildman–Crippen LogP) is 4.39. The first-order chi connectivity index (χ1) is 14.6. The Kier molecular flexibility index (Phi) is 8.55. The molecule has 30 heavy (non-hydrogen) atoms. The normalized spacial score (nSPS) is 21.2. The smallest absolute Gasteiger partial charge is 0.407 e. The number of carbonyl (C=O) groups excluding carboxylic acids is 1. The quantitative estimate of drug-likeness (QED) is 0.517. The molecule has 0 atom stereocenters. The van der Waals surface area contributed by atoms with Crippen molar-refractivity contribution >= 4 is 17.7 Å². The van der Waals surface area contributed by atoms with E-state index in [1.165, 1.54) is 5.56 Å². The van der Waals surface area contributed by atoms with Crippen LogP contribution in [0.4, 0.5) is 4.79 Å². The molecular formula is C24H32ClN3O2. The summed E-state index contributed by atoms with van der Waals surface area (Å²) in [4.78, 5) is 11.8. The van der Waals surface area contributed by atoms with Crippen LogP contribution in [0.5, 0.6) is 0 Å². The molecule has 3 rings (SSSR count). The second-order valence-corrected chi connectivity index (χ2v) is 8.50. The van der Waals surface area contributed by atoms with Crippen LogP contribution in [0.1, 0.15) is 43.2 Å². The van der Waals surface area contributed by atoms with Crippen LogP contribution in [-0.4, -0.2) is 31.8 Å². The lowest BCUT2D eigenvalue weighted by atomic mass is 9.68. The number of carbonyl (C=O) groups is 1. The van der Waals surface area contributed by atoms with Crippen LogP contribution in [0.3, 0.4) is 0 Å². The average molecular weight is 430 g/mol. The van der Waals surface area contributed by atoms with Gasteiger partial charge in [0.2, 0.25) is 0 Å². The minimum Gasteiger partial charge on any atom is -0.445 e. The van der Waals surface area contributed by atoms with E-state index in [0.29, 0.717) is 25.7 Å². The van der Waals surface area contributed by atoms with E-state index in [9.17, 15) is 4.79 Å². The number of hydrogen-bond donors (Lipinski definition) is 3. The number of alkyl carbamates (subject to hydrolysis) is 1. The van der Waals surface area contributed by atoms with Crippen LogP contribution in [0.15, 0.2) is 54.6 Å². The van der Waals surface area contributed by atoms with Crippen molar-refractivity contribution in [2.75, 3.05) is 19.6 Å². The molecule has 1 amide bonds. The van der Waals surface area contributed by atoms with E-state index >= 15 is 0 Å². The van der Waals surface area contributed by atoms with Crippen LogP contribution >= 0.6 is 11.6 Å². The fourth-order valence-electron chi connectivity index (χ4n) is 4.16. The van der Waals surface area contributed by atoms with Crippen molar-refractivity contribution in [3.8, 4) is 0 Å². The Morgan fingerprint density at radius 2 is 1.87 bits per heavy atom. The van der Waals surface area contributed by atoms with Crippen LogP contribution in [0.25, 0.3) is 0 Å². The Hall–Kier alpha value is -2.08. The third kappa shape index (κ3) is 6.46. The number of rotatable bonds is 9. The van der Waals surface area contributed by atoms with Crippen LogP contribution in [0.2, 0.25) is 5.02 Å². The van der Waals surface area contributed by atoms with E-state index < -0.39 is 0 Å². The van der Waals surface area contributed by atoms with Crippen molar-refractivity contribution < 1.29 is 9.53 Å². The number of amides is 1. The monoisotopic (exact) mass is 429 g/mol. The highest BCUT2D eigenvalue weighted by Crippen LogP contribution is 2.39. The molecule has 4 N–H and O–H groups in total. The Morgan fingerprint density at radius 1 is 1.10 bits per heavy atom. The van der Waals surface area contributed by atoms with Crippen molar-refractivity contribution in [2.45, 2.75) is 50.2 Å². The molecule has 0 aromatic heterocycles. The first-order valence-electron chi connectivity index (χ1n) is 10.8. The molecule has 6 heteroatoms. The molecule has 2 aromatic rings. The van der Waals surface area contributed by atoms with Gasteiger partial charge in [-0.25, -0.2) is 4.79 Å². The van der Waals surface area contributed by atoms with Crippen molar-refractivity contribution in [1.29, 1.82) is 0 Å². The molecule has 0 unspecified atom stereocenters. The molecule has 1 aliphatic rings. The maximum atomic E-state index is 11.8. The number of nitrogens with one attached hydrogen (secondary N) is 2. The molecule has 0 bridgehead atoms. The SMILES string of the molecule is NCC1(c2cccc(Cl)c2)CCC(NCCCNC(=O)OCc2ccccc2)CC1. The van der Waals surface area contributed by atoms with Gasteiger partial charge >= 0.3 is 6.09 Å². The summed E-state index contributed by atoms with van der Waals surface area (Å²) in [5, 5.41) is 7.20. The Labute approximate surface area is 184 Å². The fraction of sp³-hybridized carbons (Fsp3) is 0.458. The summed E-state index contributed by atoms with van der Waals surface area (Å²) in [6.45, 7) is 2.41. The lowest BCUT2D eigenvalue weighted by Gasteiger charge is -2.40. The molecule has 1 aliphatic carbocycles. The average Bonchev–Trinajstić information content (AvgIpc) is 2.79. The third-order valence-corrected chi connectivity index (χ3v) is 6.27. The maximum absolute atomic E-state index is 11.8. The highest BCUT2D eigenvalue weighted by molar-refractivity contribution is 6.30. The van der Waals surface area contributed by atoms with E-state index in [2.05, 4.69) is 22.8 Å². The van der Waals surface area contributed by atoms with E-state index in [0.717, 1.165) is 49.2 Å². The van der Waals surface area contributed by atoms with E-state index in [1.807, 2.05) is 42.5 Å². The van der Waals surface area contributed by atoms with Gasteiger partial charge in [-0.05, 0) is 61.9 Å². The van der Waals surface area contributed by atoms with Crippen molar-refractivity contribution in [3.63, 3.8) is 0 Å². The van der Waals surface area contributed by atoms with E-state index in [4.69, 9.17) is 22.1 Å². The van der Waals surface area contributed by atoms with Crippen LogP contribution < -0.4 is 16.4 Å². The number of nitrogens with two attached hydrogens (primary N) is 1. The zero-order valence-corrected chi connectivity index (χ0v) is 18.2. The minimum atomic E-state index is -0.370. The Bertz CT molecular complexity index is 792. The van der Waals surface area contributed by atoms with Crippen molar-refractivity contribution in [1.82, 2.24) is 10.6 Å². The molecule has 1 fully saturated rings. The van der Waals surface area contributed by atoms with Gasteiger partial charge in [0.05, 0.1) is 0 Å². The highest BCUT2D eigenvalue weighted by Gasteiger charge is 2.35. The number of halogens is 1. The van der Waals surface area contributed by atoms with Crippen LogP contribution in [-0.2, 0) is 16.8 Å². The van der Waals surface area contributed by atoms with Crippen LogP contribution in [0, 0.1) is 0 Å². The zero-order chi connectivity index (χ0) is 21.2. The second-order valence-electron chi connectivity index (χ2n) is 8.07. The maximum Gasteiger partial charge on any atom is 0.407 e. The molecule has 0 saturated heterocycles. The number of hydrogen-bond acceptors (Lipinski definition) is 4. The first kappa shape index (κ1) is 22.6. The van der Waals surface area contributed by atoms with E-state index in [-0.39, 0.29) is 11.5 Å². The van der Waals surface area contributed by atoms with Gasteiger partial charge < -0.3 is 21.1 Å². The summed E-state index contributed by atoms with van der Waals surface area (Å²) in [6.07, 6.45) is 4.81. The topological polar surface area (TPSA) is 76.4 Å². The summed E-state index contributed by atoms with van der Waals surface area (Å²) in [7, 11) is 0. The van der Waals surface area contributed by atoms with Gasteiger partial charge in [0, 0.05) is 29.6 Å². The van der Waals surface area contributed by atoms with Crippen molar-refractivity contribution in [2.24, 2.45) is 5.73 Å². The lowest BCUT2D eigenvalue weighted by molar-refractivity contribution is 0.139. The molecule has 1 saturated carbocycles. The molecule has 0 aliphatic heterocycles. The number of ether oxygens (including phenoxy) is 1. The highest BCUT2D eigenvalue weighted by atomic mass is 35.5. The summed E-state index contributed by atoms with van der Waals surface area (Å²) in [5.41, 5.74) is 8.46. The Morgan fingerprint density at radius 3 is 2.57 bits per heavy atom. The molecule has 162 valence electrons. The van der Waals surface area contributed by atoms with Gasteiger partial charge in [-0.15, -0.1) is 0 Å². The summed E-state index contributed by atoms with van der Waals surface area (Å²) in [6, 6.07) is 18.3. The molecule has 0 heterocycles. The molecule has 0 spiro atoms. The Balaban J connectivity index is 1.31. The van der Waals surface area contributed by atoms with Gasteiger partial charge in [-0.3, -0.25) is 0 Å². The zero-order valence-electron chi connectivity index (χ0n) is 17.4. The molecule has 5 nitrogen and oxygen atoms in total. The summed E-state index contributed by atoms with van der Waals surface area (Å²) in [5.74, 6) is 0. The summed E-state index contributed by atoms with van der Waals surface area (Å²) < 4.78 is 5.22. The molecular weight excluding hydrogens is 398 g/mol. The fourth-order valence-corrected chi connectivity index (χ4v) is 4.35. The second kappa shape index (κ2) is 11.3. The van der Waals surface area contributed by atoms with E-state index in [1.54, 1.807) is 0 Å². The first-order valence-corrected chi connectivity index (χ1v) is 11.1. The van der Waals surface area contributed by atoms with Gasteiger partial charge in [0.15, 0.2) is 0 Å². The van der Waals surface area contributed by atoms with Gasteiger partial charge in [0.1, 0.15) is 6.61 Å². The van der Waals surface area contributed by atoms with Gasteiger partial charge in [-0.2, -0.15) is 0 Å². The minimum absolute atomic E-state index is 0.0349. The van der Waals surface area contributed by atoms with Gasteiger partial charge in [-0.1, -0.05) is 54.1 Å². The largest absolute Gasteiger partial charge is 0.445 e. The number of benzene rings is 2. The lowest BCUT2D eigenvalue weighted by Crippen LogP contribution is -2.44. The van der Waals surface area contributed by atoms with Crippen molar-refractivity contribution in [3.05, 3.63) is 70.7 Å². The molecule has 0 radical (unpaired) electrons. The van der Waals surface area contributed by atoms with Gasteiger partial charge in [0.25, 0.3) is 0 Å². The molecule has 2 aromatic carbocycles. The predicted molar refractivity (Wildman–Crippen MR) is 122 cm³/mol. The third-order valence-electron chi connectivity index (χ3n) is 6.04. The standard InChI is InChI=1S/C24H32ClN3O2/c25-21-9-4-8-20(16-21)24(18-26)12-10-22(11-13-24)27-14-5-15-28-23(29)30-17-19-6-2-1-3-7-19/h1-4,6-9,16,22,27H,5,10-15,17-18,26H2,(H,28,29).